The fraction of sp³-hybridized carbons (Fsp3) is 0.308. The maximum absolute atomic E-state index is 9.53. The lowest BCUT2D eigenvalue weighted by Crippen LogP contribution is -2.20. The average molecular weight is 498 g/mol. The Kier molecular flexibility index (Phi) is 7.19. The number of hydrogen-bond acceptors (Lipinski definition) is 10. The van der Waals surface area contributed by atoms with Gasteiger partial charge in [0.25, 0.3) is 0 Å². The predicted molar refractivity (Wildman–Crippen MR) is 136 cm³/mol. The second-order valence-electron chi connectivity index (χ2n) is 8.89. The molecule has 0 radical (unpaired) electrons. The summed E-state index contributed by atoms with van der Waals surface area (Å²) in [5, 5.41) is 27.4. The minimum Gasteiger partial charge on any atom is -0.495 e. The van der Waals surface area contributed by atoms with Gasteiger partial charge in [0.15, 0.2) is 0 Å². The summed E-state index contributed by atoms with van der Waals surface area (Å²) in [7, 11) is 1.65. The Bertz CT molecular complexity index is 1380. The first-order chi connectivity index (χ1) is 18.1. The Balaban J connectivity index is 1.28. The molecule has 1 aliphatic rings. The van der Waals surface area contributed by atoms with E-state index in [2.05, 4.69) is 48.3 Å². The molecule has 37 heavy (non-hydrogen) atoms. The highest BCUT2D eigenvalue weighted by Crippen LogP contribution is 2.30. The molecule has 2 aromatic heterocycles. The summed E-state index contributed by atoms with van der Waals surface area (Å²) in [6.07, 6.45) is 7.23. The Morgan fingerprint density at radius 2 is 1.95 bits per heavy atom. The SMILES string of the molecule is COc1cc(CNC2CC2)ccc1Nc1ncc(-c2ccc(C#N)c(OC(C)Cn3cnnn3)c2)cn1. The number of tetrazole rings is 1. The van der Waals surface area contributed by atoms with Crippen LogP contribution in [0.5, 0.6) is 11.5 Å². The van der Waals surface area contributed by atoms with Crippen LogP contribution in [0.1, 0.15) is 30.9 Å². The van der Waals surface area contributed by atoms with Gasteiger partial charge in [-0.2, -0.15) is 5.26 Å². The molecule has 11 heteroatoms. The summed E-state index contributed by atoms with van der Waals surface area (Å²) in [6.45, 7) is 3.16. The van der Waals surface area contributed by atoms with E-state index in [1.54, 1.807) is 30.3 Å². The van der Waals surface area contributed by atoms with Gasteiger partial charge in [-0.1, -0.05) is 12.1 Å². The van der Waals surface area contributed by atoms with E-state index in [4.69, 9.17) is 9.47 Å². The minimum absolute atomic E-state index is 0.250. The van der Waals surface area contributed by atoms with Crippen molar-refractivity contribution in [1.29, 1.82) is 5.26 Å². The Hall–Kier alpha value is -4.56. The molecule has 0 aliphatic heterocycles. The zero-order chi connectivity index (χ0) is 25.6. The van der Waals surface area contributed by atoms with Crippen molar-refractivity contribution < 1.29 is 9.47 Å². The van der Waals surface area contributed by atoms with E-state index < -0.39 is 0 Å². The van der Waals surface area contributed by atoms with Crippen molar-refractivity contribution in [3.8, 4) is 28.7 Å². The molecule has 2 N–H and O–H groups in total. The molecule has 1 atom stereocenters. The third-order valence-corrected chi connectivity index (χ3v) is 5.94. The summed E-state index contributed by atoms with van der Waals surface area (Å²) in [6, 6.07) is 14.3. The number of benzene rings is 2. The molecular weight excluding hydrogens is 470 g/mol. The van der Waals surface area contributed by atoms with Crippen LogP contribution in [0.2, 0.25) is 0 Å². The van der Waals surface area contributed by atoms with Gasteiger partial charge in [-0.25, -0.2) is 14.6 Å². The zero-order valence-corrected chi connectivity index (χ0v) is 20.6. The topological polar surface area (TPSA) is 136 Å². The molecule has 0 saturated heterocycles. The van der Waals surface area contributed by atoms with Crippen molar-refractivity contribution in [3.05, 3.63) is 66.2 Å². The van der Waals surface area contributed by atoms with Crippen LogP contribution in [0.25, 0.3) is 11.1 Å². The number of hydrogen-bond donors (Lipinski definition) is 2. The van der Waals surface area contributed by atoms with Gasteiger partial charge in [0.2, 0.25) is 5.95 Å². The quantitative estimate of drug-likeness (QED) is 0.317. The lowest BCUT2D eigenvalue weighted by molar-refractivity contribution is 0.192. The first-order valence-corrected chi connectivity index (χ1v) is 12.0. The molecule has 5 rings (SSSR count). The van der Waals surface area contributed by atoms with Crippen LogP contribution in [-0.4, -0.2) is 49.4 Å². The number of methoxy groups -OCH3 is 1. The monoisotopic (exact) mass is 497 g/mol. The van der Waals surface area contributed by atoms with Crippen LogP contribution in [0.3, 0.4) is 0 Å². The molecule has 1 saturated carbocycles. The van der Waals surface area contributed by atoms with Crippen molar-refractivity contribution >= 4 is 11.6 Å². The minimum atomic E-state index is -0.250. The van der Waals surface area contributed by atoms with Gasteiger partial charge in [-0.15, -0.1) is 5.10 Å². The number of aromatic nitrogens is 6. The van der Waals surface area contributed by atoms with E-state index >= 15 is 0 Å². The van der Waals surface area contributed by atoms with Crippen LogP contribution in [0.15, 0.2) is 55.1 Å². The third-order valence-electron chi connectivity index (χ3n) is 5.94. The van der Waals surface area contributed by atoms with Gasteiger partial charge in [0.05, 0.1) is 24.9 Å². The van der Waals surface area contributed by atoms with Crippen molar-refractivity contribution in [2.75, 3.05) is 12.4 Å². The van der Waals surface area contributed by atoms with E-state index in [0.717, 1.165) is 34.7 Å². The Morgan fingerprint density at radius 1 is 1.11 bits per heavy atom. The lowest BCUT2D eigenvalue weighted by atomic mass is 10.1. The first-order valence-electron chi connectivity index (χ1n) is 12.0. The van der Waals surface area contributed by atoms with E-state index in [9.17, 15) is 5.26 Å². The molecule has 1 unspecified atom stereocenters. The molecule has 11 nitrogen and oxygen atoms in total. The predicted octanol–water partition coefficient (Wildman–Crippen LogP) is 3.47. The van der Waals surface area contributed by atoms with Crippen LogP contribution in [0.4, 0.5) is 11.6 Å². The Morgan fingerprint density at radius 3 is 2.65 bits per heavy atom. The van der Waals surface area contributed by atoms with Gasteiger partial charge >= 0.3 is 0 Å². The highest BCUT2D eigenvalue weighted by molar-refractivity contribution is 5.68. The number of rotatable bonds is 11. The summed E-state index contributed by atoms with van der Waals surface area (Å²) in [5.74, 6) is 1.65. The smallest absolute Gasteiger partial charge is 0.227 e. The fourth-order valence-corrected chi connectivity index (χ4v) is 3.83. The third kappa shape index (κ3) is 6.17. The zero-order valence-electron chi connectivity index (χ0n) is 20.6. The van der Waals surface area contributed by atoms with E-state index in [1.165, 1.54) is 19.2 Å². The van der Waals surface area contributed by atoms with E-state index in [1.807, 2.05) is 31.2 Å². The lowest BCUT2D eigenvalue weighted by Gasteiger charge is -2.16. The van der Waals surface area contributed by atoms with Crippen LogP contribution in [-0.2, 0) is 13.1 Å². The van der Waals surface area contributed by atoms with Crippen molar-refractivity contribution in [1.82, 2.24) is 35.5 Å². The molecule has 2 heterocycles. The molecule has 2 aromatic carbocycles. The first kappa shape index (κ1) is 24.1. The number of nitrogens with one attached hydrogen (secondary N) is 2. The maximum Gasteiger partial charge on any atom is 0.227 e. The molecule has 0 bridgehead atoms. The largest absolute Gasteiger partial charge is 0.495 e. The highest BCUT2D eigenvalue weighted by Gasteiger charge is 2.20. The average Bonchev–Trinajstić information content (AvgIpc) is 3.62. The molecule has 1 fully saturated rings. The summed E-state index contributed by atoms with van der Waals surface area (Å²) >= 11 is 0. The number of nitriles is 1. The molecule has 188 valence electrons. The molecular formula is C26H27N9O2. The van der Waals surface area contributed by atoms with E-state index in [0.29, 0.717) is 29.8 Å². The molecule has 1 aliphatic carbocycles. The van der Waals surface area contributed by atoms with Gasteiger partial charge in [-0.05, 0) is 65.6 Å². The standard InChI is InChI=1S/C26H27N9O2/c1-17(15-35-16-31-33-34-35)37-24-10-19(4-5-20(24)11-27)21-13-29-26(30-14-21)32-23-8-3-18(9-25(23)36-2)12-28-22-6-7-22/h3-5,8-10,13-14,16-17,22,28H,6-7,12,15H2,1-2H3,(H,29,30,32). The normalized spacial score (nSPS) is 13.5. The van der Waals surface area contributed by atoms with Crippen LogP contribution < -0.4 is 20.1 Å². The summed E-state index contributed by atoms with van der Waals surface area (Å²) < 4.78 is 13.2. The number of nitrogens with zero attached hydrogens (tertiary/aromatic N) is 7. The van der Waals surface area contributed by atoms with Crippen LogP contribution >= 0.6 is 0 Å². The van der Waals surface area contributed by atoms with Gasteiger partial charge in [0.1, 0.15) is 30.0 Å². The molecule has 4 aromatic rings. The van der Waals surface area contributed by atoms with E-state index in [-0.39, 0.29) is 6.10 Å². The van der Waals surface area contributed by atoms with Gasteiger partial charge in [0, 0.05) is 30.5 Å². The van der Waals surface area contributed by atoms with Crippen molar-refractivity contribution in [2.45, 2.75) is 45.0 Å². The number of ether oxygens (including phenoxy) is 2. The Labute approximate surface area is 214 Å². The molecule has 0 spiro atoms. The second-order valence-corrected chi connectivity index (χ2v) is 8.89. The summed E-state index contributed by atoms with van der Waals surface area (Å²) in [5.41, 5.74) is 4.02. The maximum atomic E-state index is 9.53. The molecule has 0 amide bonds. The second kappa shape index (κ2) is 11.0. The number of anilines is 2. The van der Waals surface area contributed by atoms with Crippen molar-refractivity contribution in [2.24, 2.45) is 0 Å². The van der Waals surface area contributed by atoms with Gasteiger partial charge in [-0.3, -0.25) is 0 Å². The highest BCUT2D eigenvalue weighted by atomic mass is 16.5. The van der Waals surface area contributed by atoms with Gasteiger partial charge < -0.3 is 20.1 Å². The summed E-state index contributed by atoms with van der Waals surface area (Å²) in [4.78, 5) is 8.96. The van der Waals surface area contributed by atoms with Crippen molar-refractivity contribution in [3.63, 3.8) is 0 Å². The fourth-order valence-electron chi connectivity index (χ4n) is 3.83. The van der Waals surface area contributed by atoms with Crippen LogP contribution in [0, 0.1) is 11.3 Å².